The summed E-state index contributed by atoms with van der Waals surface area (Å²) < 4.78 is 18.8. The van der Waals surface area contributed by atoms with Gasteiger partial charge in [0.05, 0.1) is 7.11 Å². The molecule has 0 fully saturated rings. The number of methoxy groups -OCH3 is 1. The second-order valence-electron chi connectivity index (χ2n) is 4.20. The van der Waals surface area contributed by atoms with Crippen LogP contribution < -0.4 is 4.74 Å². The van der Waals surface area contributed by atoms with Crippen LogP contribution in [0.4, 0.5) is 4.39 Å². The first kappa shape index (κ1) is 15.4. The molecule has 0 bridgehead atoms. The minimum atomic E-state index is -0.228. The summed E-state index contributed by atoms with van der Waals surface area (Å²) in [4.78, 5) is 0.599. The van der Waals surface area contributed by atoms with Gasteiger partial charge in [0.25, 0.3) is 0 Å². The average Bonchev–Trinajstić information content (AvgIpc) is 2.52. The fourth-order valence-electron chi connectivity index (χ4n) is 1.79. The normalized spacial score (nSPS) is 9.86. The summed E-state index contributed by atoms with van der Waals surface area (Å²) in [5, 5.41) is 8.81. The number of thioether (sulfide) groups is 1. The van der Waals surface area contributed by atoms with Crippen LogP contribution in [0.3, 0.4) is 0 Å². The molecule has 2 rings (SSSR count). The van der Waals surface area contributed by atoms with E-state index in [4.69, 9.17) is 9.84 Å². The van der Waals surface area contributed by atoms with Crippen molar-refractivity contribution in [3.8, 4) is 17.6 Å². The molecule has 4 heteroatoms. The van der Waals surface area contributed by atoms with Crippen LogP contribution in [0.15, 0.2) is 47.4 Å². The quantitative estimate of drug-likeness (QED) is 0.693. The van der Waals surface area contributed by atoms with Crippen LogP contribution in [-0.2, 0) is 5.75 Å². The summed E-state index contributed by atoms with van der Waals surface area (Å²) in [6.45, 7) is -0.189. The SMILES string of the molecule is COc1ccc(C#CCO)c(CSc2ccccc2F)c1. The molecule has 0 aliphatic carbocycles. The lowest BCUT2D eigenvalue weighted by Crippen LogP contribution is -1.92. The number of aliphatic hydroxyl groups excluding tert-OH is 1. The Bertz CT molecular complexity index is 674. The Hall–Kier alpha value is -1.96. The first-order valence-corrected chi connectivity index (χ1v) is 7.37. The minimum absolute atomic E-state index is 0.189. The zero-order chi connectivity index (χ0) is 15.1. The van der Waals surface area contributed by atoms with E-state index in [9.17, 15) is 4.39 Å². The molecular formula is C17H15FO2S. The zero-order valence-electron chi connectivity index (χ0n) is 11.6. The molecule has 2 aromatic carbocycles. The topological polar surface area (TPSA) is 29.5 Å². The van der Waals surface area contributed by atoms with Crippen molar-refractivity contribution in [1.82, 2.24) is 0 Å². The van der Waals surface area contributed by atoms with Crippen LogP contribution in [0.1, 0.15) is 11.1 Å². The summed E-state index contributed by atoms with van der Waals surface area (Å²) in [6, 6.07) is 12.2. The van der Waals surface area contributed by atoms with Crippen LogP contribution in [0.2, 0.25) is 0 Å². The maximum Gasteiger partial charge on any atom is 0.136 e. The first-order valence-electron chi connectivity index (χ1n) is 6.38. The van der Waals surface area contributed by atoms with E-state index in [-0.39, 0.29) is 12.4 Å². The van der Waals surface area contributed by atoms with Crippen LogP contribution >= 0.6 is 11.8 Å². The maximum absolute atomic E-state index is 13.6. The van der Waals surface area contributed by atoms with E-state index >= 15 is 0 Å². The number of hydrogen-bond donors (Lipinski definition) is 1. The molecule has 0 aliphatic heterocycles. The molecule has 0 saturated heterocycles. The Labute approximate surface area is 128 Å². The second kappa shape index (κ2) is 7.72. The number of hydrogen-bond acceptors (Lipinski definition) is 3. The molecule has 21 heavy (non-hydrogen) atoms. The lowest BCUT2D eigenvalue weighted by Gasteiger charge is -2.08. The predicted octanol–water partition coefficient (Wildman–Crippen LogP) is 3.47. The maximum atomic E-state index is 13.6. The first-order chi connectivity index (χ1) is 10.2. The van der Waals surface area contributed by atoms with Gasteiger partial charge in [-0.3, -0.25) is 0 Å². The lowest BCUT2D eigenvalue weighted by atomic mass is 10.1. The van der Waals surface area contributed by atoms with Gasteiger partial charge in [-0.05, 0) is 35.9 Å². The van der Waals surface area contributed by atoms with Crippen molar-refractivity contribution < 1.29 is 14.2 Å². The molecule has 0 amide bonds. The van der Waals surface area contributed by atoms with Gasteiger partial charge in [-0.1, -0.05) is 24.0 Å². The minimum Gasteiger partial charge on any atom is -0.497 e. The summed E-state index contributed by atoms with van der Waals surface area (Å²) >= 11 is 1.41. The van der Waals surface area contributed by atoms with Crippen LogP contribution in [0, 0.1) is 17.7 Å². The summed E-state index contributed by atoms with van der Waals surface area (Å²) in [7, 11) is 1.60. The third kappa shape index (κ3) is 4.25. The molecule has 1 N–H and O–H groups in total. The summed E-state index contributed by atoms with van der Waals surface area (Å²) in [5.74, 6) is 6.61. The van der Waals surface area contributed by atoms with Gasteiger partial charge >= 0.3 is 0 Å². The van der Waals surface area contributed by atoms with Gasteiger partial charge < -0.3 is 9.84 Å². The van der Waals surface area contributed by atoms with Crippen molar-refractivity contribution in [1.29, 1.82) is 0 Å². The summed E-state index contributed by atoms with van der Waals surface area (Å²) in [5.41, 5.74) is 1.76. The number of aliphatic hydroxyl groups is 1. The Kier molecular flexibility index (Phi) is 5.68. The van der Waals surface area contributed by atoms with E-state index in [1.54, 1.807) is 19.2 Å². The molecule has 0 aliphatic rings. The smallest absolute Gasteiger partial charge is 0.136 e. The molecule has 0 atom stereocenters. The molecular weight excluding hydrogens is 287 g/mol. The van der Waals surface area contributed by atoms with E-state index < -0.39 is 0 Å². The van der Waals surface area contributed by atoms with E-state index in [0.717, 1.165) is 16.9 Å². The van der Waals surface area contributed by atoms with Gasteiger partial charge in [-0.2, -0.15) is 0 Å². The largest absolute Gasteiger partial charge is 0.497 e. The van der Waals surface area contributed by atoms with E-state index in [1.807, 2.05) is 24.3 Å². The van der Waals surface area contributed by atoms with Crippen LogP contribution in [0.25, 0.3) is 0 Å². The molecule has 108 valence electrons. The Morgan fingerprint density at radius 1 is 1.24 bits per heavy atom. The number of rotatable bonds is 4. The Morgan fingerprint density at radius 3 is 2.76 bits per heavy atom. The highest BCUT2D eigenvalue weighted by Crippen LogP contribution is 2.28. The fraction of sp³-hybridized carbons (Fsp3) is 0.176. The standard InChI is InChI=1S/C17H15FO2S/c1-20-15-9-8-13(5-4-10-19)14(11-15)12-21-17-7-3-2-6-16(17)18/h2-3,6-9,11,19H,10,12H2,1H3. The van der Waals surface area contributed by atoms with Gasteiger partial charge in [-0.25, -0.2) is 4.39 Å². The van der Waals surface area contributed by atoms with E-state index in [2.05, 4.69) is 11.8 Å². The molecule has 0 spiro atoms. The molecule has 0 heterocycles. The van der Waals surface area contributed by atoms with Gasteiger partial charge in [0, 0.05) is 16.2 Å². The monoisotopic (exact) mass is 302 g/mol. The number of halogens is 1. The van der Waals surface area contributed by atoms with Crippen molar-refractivity contribution in [2.75, 3.05) is 13.7 Å². The highest BCUT2D eigenvalue weighted by molar-refractivity contribution is 7.98. The number of ether oxygens (including phenoxy) is 1. The van der Waals surface area contributed by atoms with Crippen LogP contribution in [-0.4, -0.2) is 18.8 Å². The molecule has 0 radical (unpaired) electrons. The Morgan fingerprint density at radius 2 is 2.05 bits per heavy atom. The van der Waals surface area contributed by atoms with Gasteiger partial charge in [0.2, 0.25) is 0 Å². The lowest BCUT2D eigenvalue weighted by molar-refractivity contribution is 0.350. The van der Waals surface area contributed by atoms with Crippen molar-refractivity contribution >= 4 is 11.8 Å². The highest BCUT2D eigenvalue weighted by Gasteiger charge is 2.06. The number of benzene rings is 2. The third-order valence-corrected chi connectivity index (χ3v) is 3.93. The van der Waals surface area contributed by atoms with Crippen molar-refractivity contribution in [3.05, 3.63) is 59.4 Å². The summed E-state index contributed by atoms with van der Waals surface area (Å²) in [6.07, 6.45) is 0. The molecule has 2 nitrogen and oxygen atoms in total. The van der Waals surface area contributed by atoms with E-state index in [0.29, 0.717) is 10.6 Å². The highest BCUT2D eigenvalue weighted by atomic mass is 32.2. The van der Waals surface area contributed by atoms with Crippen LogP contribution in [0.5, 0.6) is 5.75 Å². The van der Waals surface area contributed by atoms with Crippen molar-refractivity contribution in [3.63, 3.8) is 0 Å². The van der Waals surface area contributed by atoms with Crippen molar-refractivity contribution in [2.24, 2.45) is 0 Å². The fourth-order valence-corrected chi connectivity index (χ4v) is 2.72. The van der Waals surface area contributed by atoms with Crippen molar-refractivity contribution in [2.45, 2.75) is 10.6 Å². The third-order valence-electron chi connectivity index (χ3n) is 2.83. The Balaban J connectivity index is 2.23. The molecule has 0 saturated carbocycles. The zero-order valence-corrected chi connectivity index (χ0v) is 12.4. The van der Waals surface area contributed by atoms with Gasteiger partial charge in [-0.15, -0.1) is 11.8 Å². The van der Waals surface area contributed by atoms with Gasteiger partial charge in [0.1, 0.15) is 18.2 Å². The van der Waals surface area contributed by atoms with E-state index in [1.165, 1.54) is 17.8 Å². The molecule has 0 unspecified atom stereocenters. The molecule has 2 aromatic rings. The second-order valence-corrected chi connectivity index (χ2v) is 5.22. The molecule has 0 aromatic heterocycles. The predicted molar refractivity (Wildman–Crippen MR) is 82.9 cm³/mol. The van der Waals surface area contributed by atoms with Gasteiger partial charge in [0.15, 0.2) is 0 Å². The average molecular weight is 302 g/mol.